The molecule has 0 spiro atoms. The van der Waals surface area contributed by atoms with E-state index in [2.05, 4.69) is 15.4 Å². The molecule has 0 amide bonds. The number of pyridine rings is 1. The summed E-state index contributed by atoms with van der Waals surface area (Å²) in [6.07, 6.45) is 3.52. The zero-order valence-electron chi connectivity index (χ0n) is 10.2. The SMILES string of the molecule is CC(Cn1cccn1)Nc1nc(Cl)ccc1C(=O)O. The van der Waals surface area contributed by atoms with Crippen LogP contribution in [0.3, 0.4) is 0 Å². The third-order valence-electron chi connectivity index (χ3n) is 2.49. The smallest absolute Gasteiger partial charge is 0.339 e. The summed E-state index contributed by atoms with van der Waals surface area (Å²) in [7, 11) is 0. The van der Waals surface area contributed by atoms with Crippen LogP contribution in [0.25, 0.3) is 0 Å². The first-order valence-electron chi connectivity index (χ1n) is 5.70. The van der Waals surface area contributed by atoms with E-state index in [9.17, 15) is 4.79 Å². The molecule has 7 heteroatoms. The Morgan fingerprint density at radius 1 is 1.58 bits per heavy atom. The highest BCUT2D eigenvalue weighted by Crippen LogP contribution is 2.17. The van der Waals surface area contributed by atoms with Gasteiger partial charge in [0, 0.05) is 18.4 Å². The van der Waals surface area contributed by atoms with Crippen molar-refractivity contribution < 1.29 is 9.90 Å². The molecule has 0 aliphatic carbocycles. The fourth-order valence-corrected chi connectivity index (χ4v) is 1.83. The van der Waals surface area contributed by atoms with Crippen molar-refractivity contribution in [2.24, 2.45) is 0 Å². The molecule has 0 saturated heterocycles. The highest BCUT2D eigenvalue weighted by Gasteiger charge is 2.14. The van der Waals surface area contributed by atoms with Crippen LogP contribution in [-0.2, 0) is 6.54 Å². The van der Waals surface area contributed by atoms with E-state index < -0.39 is 5.97 Å². The van der Waals surface area contributed by atoms with Crippen LogP contribution in [-0.4, -0.2) is 31.9 Å². The summed E-state index contributed by atoms with van der Waals surface area (Å²) in [6, 6.07) is 4.67. The fourth-order valence-electron chi connectivity index (χ4n) is 1.69. The van der Waals surface area contributed by atoms with Gasteiger partial charge in [-0.05, 0) is 25.1 Å². The average Bonchev–Trinajstić information content (AvgIpc) is 2.81. The molecule has 0 aliphatic rings. The normalized spacial score (nSPS) is 12.1. The second-order valence-corrected chi connectivity index (χ2v) is 4.50. The Hall–Kier alpha value is -2.08. The number of nitrogens with one attached hydrogen (secondary N) is 1. The van der Waals surface area contributed by atoms with Gasteiger partial charge in [0.2, 0.25) is 0 Å². The maximum Gasteiger partial charge on any atom is 0.339 e. The monoisotopic (exact) mass is 280 g/mol. The van der Waals surface area contributed by atoms with Crippen molar-refractivity contribution in [1.29, 1.82) is 0 Å². The van der Waals surface area contributed by atoms with E-state index in [1.807, 2.05) is 19.2 Å². The van der Waals surface area contributed by atoms with Crippen LogP contribution in [0.2, 0.25) is 5.15 Å². The topological polar surface area (TPSA) is 80.0 Å². The van der Waals surface area contributed by atoms with Gasteiger partial charge in [0.15, 0.2) is 0 Å². The molecule has 19 heavy (non-hydrogen) atoms. The second kappa shape index (κ2) is 5.71. The van der Waals surface area contributed by atoms with E-state index in [-0.39, 0.29) is 22.6 Å². The molecule has 2 aromatic heterocycles. The summed E-state index contributed by atoms with van der Waals surface area (Å²) in [6.45, 7) is 2.51. The molecular formula is C12H13ClN4O2. The van der Waals surface area contributed by atoms with E-state index in [0.717, 1.165) is 0 Å². The van der Waals surface area contributed by atoms with E-state index in [1.54, 1.807) is 10.9 Å². The lowest BCUT2D eigenvalue weighted by Crippen LogP contribution is -2.24. The number of anilines is 1. The maximum atomic E-state index is 11.1. The quantitative estimate of drug-likeness (QED) is 0.820. The zero-order chi connectivity index (χ0) is 13.8. The molecule has 100 valence electrons. The van der Waals surface area contributed by atoms with Gasteiger partial charge in [0.25, 0.3) is 0 Å². The van der Waals surface area contributed by atoms with E-state index >= 15 is 0 Å². The number of hydrogen-bond acceptors (Lipinski definition) is 4. The Balaban J connectivity index is 2.13. The van der Waals surface area contributed by atoms with Crippen molar-refractivity contribution in [3.8, 4) is 0 Å². The van der Waals surface area contributed by atoms with Crippen LogP contribution in [0.5, 0.6) is 0 Å². The lowest BCUT2D eigenvalue weighted by atomic mass is 10.2. The third-order valence-corrected chi connectivity index (χ3v) is 2.71. The molecule has 0 fully saturated rings. The van der Waals surface area contributed by atoms with Crippen molar-refractivity contribution >= 4 is 23.4 Å². The molecule has 0 aromatic carbocycles. The van der Waals surface area contributed by atoms with Crippen LogP contribution in [0.1, 0.15) is 17.3 Å². The van der Waals surface area contributed by atoms with Gasteiger partial charge in [-0.2, -0.15) is 5.10 Å². The number of rotatable bonds is 5. The van der Waals surface area contributed by atoms with Crippen molar-refractivity contribution in [2.75, 3.05) is 5.32 Å². The molecule has 2 heterocycles. The molecule has 0 aliphatic heterocycles. The van der Waals surface area contributed by atoms with Gasteiger partial charge < -0.3 is 10.4 Å². The number of carboxylic acids is 1. The van der Waals surface area contributed by atoms with Crippen LogP contribution >= 0.6 is 11.6 Å². The van der Waals surface area contributed by atoms with Crippen LogP contribution < -0.4 is 5.32 Å². The Labute approximate surface area is 115 Å². The van der Waals surface area contributed by atoms with Gasteiger partial charge in [-0.15, -0.1) is 0 Å². The standard InChI is InChI=1S/C12H13ClN4O2/c1-8(7-17-6-2-5-14-17)15-11-9(12(18)19)3-4-10(13)16-11/h2-6,8H,7H2,1H3,(H,15,16)(H,18,19). The van der Waals surface area contributed by atoms with E-state index in [1.165, 1.54) is 12.1 Å². The number of nitrogens with zero attached hydrogens (tertiary/aromatic N) is 3. The minimum absolute atomic E-state index is 0.0380. The third kappa shape index (κ3) is 3.45. The van der Waals surface area contributed by atoms with E-state index in [0.29, 0.717) is 6.54 Å². The van der Waals surface area contributed by atoms with Gasteiger partial charge in [-0.3, -0.25) is 4.68 Å². The number of hydrogen-bond donors (Lipinski definition) is 2. The number of aromatic carboxylic acids is 1. The molecule has 1 atom stereocenters. The Bertz CT molecular complexity index is 571. The number of carboxylic acid groups (broad SMARTS) is 1. The van der Waals surface area contributed by atoms with Gasteiger partial charge >= 0.3 is 5.97 Å². The zero-order valence-corrected chi connectivity index (χ0v) is 11.0. The first-order chi connectivity index (χ1) is 9.06. The van der Waals surface area contributed by atoms with Crippen molar-refractivity contribution in [3.63, 3.8) is 0 Å². The highest BCUT2D eigenvalue weighted by atomic mass is 35.5. The van der Waals surface area contributed by atoms with Crippen LogP contribution in [0.4, 0.5) is 5.82 Å². The number of carbonyl (C=O) groups is 1. The molecule has 0 saturated carbocycles. The van der Waals surface area contributed by atoms with Gasteiger partial charge in [0.05, 0.1) is 6.54 Å². The predicted molar refractivity (Wildman–Crippen MR) is 71.5 cm³/mol. The van der Waals surface area contributed by atoms with E-state index in [4.69, 9.17) is 16.7 Å². The van der Waals surface area contributed by atoms with Crippen LogP contribution in [0.15, 0.2) is 30.6 Å². The summed E-state index contributed by atoms with van der Waals surface area (Å²) < 4.78 is 1.75. The summed E-state index contributed by atoms with van der Waals surface area (Å²) in [4.78, 5) is 15.1. The molecule has 2 aromatic rings. The Morgan fingerprint density at radius 2 is 2.37 bits per heavy atom. The van der Waals surface area contributed by atoms with Crippen molar-refractivity contribution in [3.05, 3.63) is 41.3 Å². The highest BCUT2D eigenvalue weighted by molar-refractivity contribution is 6.29. The van der Waals surface area contributed by atoms with Gasteiger partial charge in [-0.1, -0.05) is 11.6 Å². The van der Waals surface area contributed by atoms with Crippen LogP contribution in [0, 0.1) is 0 Å². The average molecular weight is 281 g/mol. The summed E-state index contributed by atoms with van der Waals surface area (Å²) >= 11 is 5.79. The summed E-state index contributed by atoms with van der Waals surface area (Å²) in [5.41, 5.74) is 0.0942. The molecule has 1 unspecified atom stereocenters. The molecule has 2 N–H and O–H groups in total. The maximum absolute atomic E-state index is 11.1. The van der Waals surface area contributed by atoms with Gasteiger partial charge in [0.1, 0.15) is 16.5 Å². The molecular weight excluding hydrogens is 268 g/mol. The minimum Gasteiger partial charge on any atom is -0.478 e. The lowest BCUT2D eigenvalue weighted by molar-refractivity contribution is 0.0697. The minimum atomic E-state index is -1.04. The number of aromatic nitrogens is 3. The molecule has 2 rings (SSSR count). The molecule has 0 bridgehead atoms. The fraction of sp³-hybridized carbons (Fsp3) is 0.250. The van der Waals surface area contributed by atoms with Crippen molar-refractivity contribution in [2.45, 2.75) is 19.5 Å². The predicted octanol–water partition coefficient (Wildman–Crippen LogP) is 2.13. The first-order valence-corrected chi connectivity index (χ1v) is 6.08. The van der Waals surface area contributed by atoms with Gasteiger partial charge in [-0.25, -0.2) is 9.78 Å². The Morgan fingerprint density at radius 3 is 3.00 bits per heavy atom. The first kappa shape index (κ1) is 13.4. The number of halogens is 1. The van der Waals surface area contributed by atoms with Crippen molar-refractivity contribution in [1.82, 2.24) is 14.8 Å². The molecule has 0 radical (unpaired) electrons. The summed E-state index contributed by atoms with van der Waals surface area (Å²) in [5.74, 6) is -0.780. The second-order valence-electron chi connectivity index (χ2n) is 4.11. The lowest BCUT2D eigenvalue weighted by Gasteiger charge is -2.16. The summed E-state index contributed by atoms with van der Waals surface area (Å²) in [5, 5.41) is 16.5. The largest absolute Gasteiger partial charge is 0.478 e. The molecule has 6 nitrogen and oxygen atoms in total. The Kier molecular flexibility index (Phi) is 4.01.